The van der Waals surface area contributed by atoms with Crippen LogP contribution in [0.5, 0.6) is 57.5 Å². The van der Waals surface area contributed by atoms with Crippen molar-refractivity contribution in [3.05, 3.63) is 296 Å². The van der Waals surface area contributed by atoms with Gasteiger partial charge in [0.1, 0.15) is 48.6 Å². The molecule has 0 saturated carbocycles. The van der Waals surface area contributed by atoms with Gasteiger partial charge in [-0.15, -0.1) is 45.3 Å². The topological polar surface area (TPSA) is 235 Å². The Labute approximate surface area is 786 Å². The molecular formula is C103H121N11O13S4. The molecule has 0 saturated heterocycles. The van der Waals surface area contributed by atoms with E-state index in [1.807, 2.05) is 111 Å². The average Bonchev–Trinajstić information content (AvgIpc) is 1.74. The smallest absolute Gasteiger partial charge is 0.273 e. The highest BCUT2D eigenvalue weighted by molar-refractivity contribution is 7.10. The molecular weight excluding hydrogens is 1730 g/mol. The summed E-state index contributed by atoms with van der Waals surface area (Å²) < 4.78 is 54.6. The van der Waals surface area contributed by atoms with Crippen molar-refractivity contribution in [1.29, 1.82) is 0 Å². The Hall–Kier alpha value is -11.7. The number of thiazole rings is 4. The maximum atomic E-state index is 13.1. The Morgan fingerprint density at radius 2 is 0.687 bits per heavy atom. The number of rotatable bonds is 41. The molecule has 4 aliphatic rings. The molecule has 28 heteroatoms. The second-order valence-corrected chi connectivity index (χ2v) is 37.3. The lowest BCUT2D eigenvalue weighted by atomic mass is 9.92. The number of hydrogen-bond donors (Lipinski definition) is 2. The van der Waals surface area contributed by atoms with Crippen molar-refractivity contribution in [1.82, 2.24) is 55.1 Å². The Kier molecular flexibility index (Phi) is 35.8. The van der Waals surface area contributed by atoms with Crippen LogP contribution in [0, 0.1) is 25.7 Å². The largest absolute Gasteiger partial charge is 0.497 e. The van der Waals surface area contributed by atoms with Crippen LogP contribution in [0.3, 0.4) is 0 Å². The van der Waals surface area contributed by atoms with E-state index in [1.165, 1.54) is 50.3 Å². The molecule has 131 heavy (non-hydrogen) atoms. The number of carbonyl (C=O) groups is 3. The number of methoxy groups -OCH3 is 2. The normalized spacial score (nSPS) is 12.5. The molecule has 0 spiro atoms. The summed E-state index contributed by atoms with van der Waals surface area (Å²) in [5, 5.41) is 17.9. The van der Waals surface area contributed by atoms with Crippen molar-refractivity contribution >= 4 is 68.6 Å². The molecule has 8 aromatic carbocycles. The number of Topliss-reactive ketones (excluding diaryl/α,β-unsaturated/α-hetero) is 1. The van der Waals surface area contributed by atoms with E-state index < -0.39 is 0 Å². The molecule has 24 nitrogen and oxygen atoms in total. The summed E-state index contributed by atoms with van der Waals surface area (Å²) in [6, 6.07) is 58.0. The van der Waals surface area contributed by atoms with Crippen molar-refractivity contribution in [2.24, 2.45) is 11.8 Å². The molecule has 4 aromatic heterocycles. The molecule has 0 aliphatic carbocycles. The molecule has 0 bridgehead atoms. The second-order valence-electron chi connectivity index (χ2n) is 33.5. The zero-order chi connectivity index (χ0) is 92.1. The van der Waals surface area contributed by atoms with Gasteiger partial charge >= 0.3 is 0 Å². The van der Waals surface area contributed by atoms with Gasteiger partial charge in [0.2, 0.25) is 27.2 Å². The summed E-state index contributed by atoms with van der Waals surface area (Å²) in [6.07, 6.45) is 3.87. The second kappa shape index (κ2) is 48.4. The van der Waals surface area contributed by atoms with Crippen LogP contribution in [0.1, 0.15) is 194 Å². The quantitative estimate of drug-likeness (QED) is 0.0339. The Morgan fingerprint density at radius 1 is 0.389 bits per heavy atom. The first-order chi connectivity index (χ1) is 63.6. The fourth-order valence-electron chi connectivity index (χ4n) is 15.2. The number of benzene rings is 8. The minimum Gasteiger partial charge on any atom is -0.497 e. The highest BCUT2D eigenvalue weighted by atomic mass is 32.1. The van der Waals surface area contributed by atoms with Gasteiger partial charge in [-0.25, -0.2) is 19.9 Å². The predicted octanol–water partition coefficient (Wildman–Crippen LogP) is 21.2. The van der Waals surface area contributed by atoms with Crippen molar-refractivity contribution < 1.29 is 61.8 Å². The number of carbonyl (C=O) groups excluding carboxylic acids is 3. The third kappa shape index (κ3) is 28.9. The summed E-state index contributed by atoms with van der Waals surface area (Å²) in [5.41, 5.74) is 15.4. The van der Waals surface area contributed by atoms with Gasteiger partial charge in [0.15, 0.2) is 51.8 Å². The van der Waals surface area contributed by atoms with Gasteiger partial charge in [-0.2, -0.15) is 0 Å². The third-order valence-electron chi connectivity index (χ3n) is 22.1. The average molecular weight is 1850 g/mol. The van der Waals surface area contributed by atoms with Gasteiger partial charge in [-0.05, 0) is 178 Å². The van der Waals surface area contributed by atoms with Crippen LogP contribution in [0.4, 0.5) is 0 Å². The number of nitrogens with zero attached hydrogens (tertiary/aromatic N) is 9. The van der Waals surface area contributed by atoms with Crippen LogP contribution in [-0.2, 0) is 78.5 Å². The lowest BCUT2D eigenvalue weighted by Crippen LogP contribution is -2.30. The molecule has 2 amide bonds. The van der Waals surface area contributed by atoms with Crippen LogP contribution in [0.2, 0.25) is 0 Å². The van der Waals surface area contributed by atoms with Crippen LogP contribution in [0.25, 0.3) is 5.70 Å². The van der Waals surface area contributed by atoms with Crippen LogP contribution in [0.15, 0.2) is 198 Å². The summed E-state index contributed by atoms with van der Waals surface area (Å²) in [6.45, 7) is 37.0. The van der Waals surface area contributed by atoms with Crippen LogP contribution in [-0.4, -0.2) is 129 Å². The maximum absolute atomic E-state index is 13.1. The van der Waals surface area contributed by atoms with E-state index in [-0.39, 0.29) is 56.7 Å². The molecule has 0 fully saturated rings. The Morgan fingerprint density at radius 3 is 1.02 bits per heavy atom. The predicted molar refractivity (Wildman–Crippen MR) is 518 cm³/mol. The van der Waals surface area contributed by atoms with E-state index in [0.717, 1.165) is 197 Å². The lowest BCUT2D eigenvalue weighted by Gasteiger charge is -2.22. The van der Waals surface area contributed by atoms with E-state index in [2.05, 4.69) is 197 Å². The molecule has 16 rings (SSSR count). The van der Waals surface area contributed by atoms with E-state index in [1.54, 1.807) is 53.1 Å². The van der Waals surface area contributed by atoms with Crippen molar-refractivity contribution in [3.8, 4) is 57.5 Å². The molecule has 0 radical (unpaired) electrons. The summed E-state index contributed by atoms with van der Waals surface area (Å²) in [7, 11) is 3.36. The summed E-state index contributed by atoms with van der Waals surface area (Å²) in [5.74, 6) is 8.72. The van der Waals surface area contributed by atoms with Crippen molar-refractivity contribution in [2.45, 2.75) is 179 Å². The van der Waals surface area contributed by atoms with E-state index in [9.17, 15) is 14.4 Å². The van der Waals surface area contributed by atoms with Crippen molar-refractivity contribution in [2.75, 3.05) is 61.0 Å². The SMILES string of the molecule is C=C(NCC(C)C)c1csc(CN(Cc2ccc(OC)cc2)Cc2ccc3c(c2)OCO3)n1.CCCC(CCC)C(=O)c1csc(CN(Cc2ccc(OC)cc2)Cc2ccc3c(c2)OCO3)n1.CCN(CC)C(=O)c1csc(CN(Cc2ccc(C)cc2)Cc2ccc3c(c2)OCO3)n1.Cc1ccc(CN(Cc2ccc3c(c2)OCO3)Cc2nc(C(=O)NC(C)C)cs2)cc1. The monoisotopic (exact) mass is 1850 g/mol. The lowest BCUT2D eigenvalue weighted by molar-refractivity contribution is 0.0766. The minimum atomic E-state index is -0.127. The van der Waals surface area contributed by atoms with Crippen molar-refractivity contribution in [3.63, 3.8) is 0 Å². The zero-order valence-corrected chi connectivity index (χ0v) is 80.4. The zero-order valence-electron chi connectivity index (χ0n) is 77.1. The maximum Gasteiger partial charge on any atom is 0.273 e. The van der Waals surface area contributed by atoms with Crippen LogP contribution < -0.4 is 58.0 Å². The molecule has 0 atom stereocenters. The highest BCUT2D eigenvalue weighted by Crippen LogP contribution is 2.38. The standard InChI is InChI=1S/C28H34N2O4S.C26H31N3O3S.C25H29N3O3S.C24H27N3O3S/c1-4-6-22(7-5-2)28(31)24-18-35-27(29-24)17-30(15-20-8-11-23(32-3)12-9-20)16-21-10-13-25-26(14-21)34-19-33-25;1-18(2)12-27-19(3)23-16-33-26(28-23)15-29(13-20-5-8-22(30-4)9-6-20)14-21-7-10-24-25(11-21)32-17-31-24;1-4-28(5-2)25(29)21-16-32-24(26-21)15-27(13-19-8-6-18(3)7-9-19)14-20-10-11-22-23(12-20)31-17-30-22;1-16(2)25-24(28)20-14-31-23(26-20)13-27(11-18-6-4-17(3)5-7-18)12-19-8-9-21-22(10-19)30-15-29-21/h8-14,18,22H,4-7,15-17,19H2,1-3H3;5-11,16,18,27H,3,12-15,17H2,1-2,4H3;6-12,16H,4-5,13-15,17H2,1-3H3;4-10,14,16H,11-13,15H2,1-3H3,(H,25,28). The van der Waals surface area contributed by atoms with Gasteiger partial charge in [-0.1, -0.05) is 155 Å². The number of aryl methyl sites for hydroxylation is 2. The number of fused-ring (bicyclic) bond motifs is 4. The van der Waals surface area contributed by atoms with E-state index >= 15 is 0 Å². The van der Waals surface area contributed by atoms with Gasteiger partial charge in [0.05, 0.1) is 51.8 Å². The van der Waals surface area contributed by atoms with Gasteiger partial charge < -0.3 is 62.9 Å². The van der Waals surface area contributed by atoms with Gasteiger partial charge in [0, 0.05) is 105 Å². The fraction of sp³-hybridized carbons (Fsp3) is 0.369. The molecule has 4 aliphatic heterocycles. The third-order valence-corrected chi connectivity index (χ3v) is 25.4. The first-order valence-electron chi connectivity index (χ1n) is 44.8. The number of aromatic nitrogens is 4. The first kappa shape index (κ1) is 96.8. The number of nitrogens with one attached hydrogen (secondary N) is 2. The van der Waals surface area contributed by atoms with Crippen LogP contribution >= 0.6 is 45.3 Å². The van der Waals surface area contributed by atoms with E-state index in [4.69, 9.17) is 57.3 Å². The highest BCUT2D eigenvalue weighted by Gasteiger charge is 2.27. The Bertz CT molecular complexity index is 5670. The molecule has 2 N–H and O–H groups in total. The number of ketones is 1. The van der Waals surface area contributed by atoms with Gasteiger partial charge in [0.25, 0.3) is 11.8 Å². The first-order valence-corrected chi connectivity index (χ1v) is 48.3. The summed E-state index contributed by atoms with van der Waals surface area (Å²) in [4.78, 5) is 68.0. The number of amides is 2. The number of ether oxygens (including phenoxy) is 10. The molecule has 8 heterocycles. The molecule has 12 aromatic rings. The molecule has 0 unspecified atom stereocenters. The van der Waals surface area contributed by atoms with E-state index in [0.29, 0.717) is 55.7 Å². The molecule has 690 valence electrons. The Balaban J connectivity index is 0.000000149. The fourth-order valence-corrected chi connectivity index (χ4v) is 18.5. The van der Waals surface area contributed by atoms with Gasteiger partial charge in [-0.3, -0.25) is 34.0 Å². The minimum absolute atomic E-state index is 0.00152. The number of hydrogen-bond acceptors (Lipinski definition) is 26. The summed E-state index contributed by atoms with van der Waals surface area (Å²) >= 11 is 6.30.